The zero-order chi connectivity index (χ0) is 17.4. The predicted octanol–water partition coefficient (Wildman–Crippen LogP) is 2.72. The first-order valence-corrected chi connectivity index (χ1v) is 10.0. The van der Waals surface area contributed by atoms with Gasteiger partial charge in [0.2, 0.25) is 0 Å². The van der Waals surface area contributed by atoms with Crippen LogP contribution in [0.3, 0.4) is 0 Å². The molecule has 0 aromatic heterocycles. The van der Waals surface area contributed by atoms with E-state index in [1.165, 1.54) is 58.5 Å². The van der Waals surface area contributed by atoms with Gasteiger partial charge < -0.3 is 20.0 Å². The van der Waals surface area contributed by atoms with Crippen LogP contribution < -0.4 is 5.32 Å². The number of guanidine groups is 1. The number of likely N-dealkylation sites (N-methyl/N-ethyl adjacent to an activating group) is 1. The molecule has 2 aliphatic heterocycles. The largest absolute Gasteiger partial charge is 0.357 e. The average molecular weight is 465 g/mol. The Kier molecular flexibility index (Phi) is 10.6. The van der Waals surface area contributed by atoms with E-state index in [4.69, 9.17) is 4.99 Å². The number of likely N-dealkylation sites (tertiary alicyclic amines) is 1. The van der Waals surface area contributed by atoms with E-state index in [-0.39, 0.29) is 24.0 Å². The van der Waals surface area contributed by atoms with Gasteiger partial charge in [-0.15, -0.1) is 24.0 Å². The summed E-state index contributed by atoms with van der Waals surface area (Å²) in [5.74, 6) is 1.12. The third-order valence-corrected chi connectivity index (χ3v) is 5.37. The molecule has 0 radical (unpaired) electrons. The van der Waals surface area contributed by atoms with Gasteiger partial charge >= 0.3 is 0 Å². The average Bonchev–Trinajstić information content (AvgIpc) is 2.94. The third-order valence-electron chi connectivity index (χ3n) is 5.37. The molecular formula is C19H40IN5. The van der Waals surface area contributed by atoms with Crippen molar-refractivity contribution >= 4 is 29.9 Å². The lowest BCUT2D eigenvalue weighted by molar-refractivity contribution is 0.136. The highest BCUT2D eigenvalue weighted by atomic mass is 127. The van der Waals surface area contributed by atoms with Crippen molar-refractivity contribution in [3.63, 3.8) is 0 Å². The van der Waals surface area contributed by atoms with Crippen molar-refractivity contribution in [1.82, 2.24) is 20.0 Å². The Labute approximate surface area is 172 Å². The van der Waals surface area contributed by atoms with E-state index in [9.17, 15) is 0 Å². The van der Waals surface area contributed by atoms with E-state index in [1.807, 2.05) is 0 Å². The molecule has 1 N–H and O–H groups in total. The lowest BCUT2D eigenvalue weighted by Gasteiger charge is -2.33. The van der Waals surface area contributed by atoms with Crippen LogP contribution in [0.1, 0.15) is 47.0 Å². The van der Waals surface area contributed by atoms with Crippen molar-refractivity contribution in [3.8, 4) is 0 Å². The second kappa shape index (κ2) is 11.6. The Morgan fingerprint density at radius 3 is 2.24 bits per heavy atom. The third kappa shape index (κ3) is 7.99. The second-order valence-electron chi connectivity index (χ2n) is 8.05. The molecule has 2 saturated heterocycles. The van der Waals surface area contributed by atoms with Crippen molar-refractivity contribution in [1.29, 1.82) is 0 Å². The fourth-order valence-electron chi connectivity index (χ4n) is 3.68. The summed E-state index contributed by atoms with van der Waals surface area (Å²) in [5.41, 5.74) is 0.427. The van der Waals surface area contributed by atoms with Crippen LogP contribution in [0.5, 0.6) is 0 Å². The van der Waals surface area contributed by atoms with Crippen LogP contribution in [0, 0.1) is 5.41 Å². The molecule has 2 heterocycles. The molecule has 0 atom stereocenters. The quantitative estimate of drug-likeness (QED) is 0.272. The molecule has 0 unspecified atom stereocenters. The molecule has 0 aromatic carbocycles. The number of halogens is 1. The maximum absolute atomic E-state index is 4.87. The first-order chi connectivity index (χ1) is 11.5. The summed E-state index contributed by atoms with van der Waals surface area (Å²) in [6, 6.07) is 0. The standard InChI is InChI=1S/C19H39N5.HI/c1-5-20-18(24-12-9-19(3,4)17-24)21-10-7-8-11-23-15-13-22(6-2)14-16-23;/h5-17H2,1-4H3,(H,20,21);1H. The number of piperazine rings is 1. The van der Waals surface area contributed by atoms with Gasteiger partial charge in [0.15, 0.2) is 5.96 Å². The Morgan fingerprint density at radius 1 is 1.00 bits per heavy atom. The second-order valence-corrected chi connectivity index (χ2v) is 8.05. The molecule has 0 saturated carbocycles. The van der Waals surface area contributed by atoms with E-state index in [2.05, 4.69) is 47.7 Å². The highest BCUT2D eigenvalue weighted by molar-refractivity contribution is 14.0. The number of nitrogens with one attached hydrogen (secondary N) is 1. The van der Waals surface area contributed by atoms with Crippen molar-refractivity contribution in [3.05, 3.63) is 0 Å². The number of hydrogen-bond acceptors (Lipinski definition) is 3. The fraction of sp³-hybridized carbons (Fsp3) is 0.947. The first-order valence-electron chi connectivity index (χ1n) is 10.0. The number of nitrogens with zero attached hydrogens (tertiary/aromatic N) is 4. The lowest BCUT2D eigenvalue weighted by atomic mass is 9.93. The molecule has 0 spiro atoms. The van der Waals surface area contributed by atoms with E-state index >= 15 is 0 Å². The SMILES string of the molecule is CCNC(=NCCCCN1CCN(CC)CC1)N1CCC(C)(C)C1.I. The zero-order valence-electron chi connectivity index (χ0n) is 16.9. The van der Waals surface area contributed by atoms with Gasteiger partial charge in [0.1, 0.15) is 0 Å². The fourth-order valence-corrected chi connectivity index (χ4v) is 3.68. The highest BCUT2D eigenvalue weighted by Crippen LogP contribution is 2.28. The summed E-state index contributed by atoms with van der Waals surface area (Å²) in [4.78, 5) is 12.5. The van der Waals surface area contributed by atoms with Gasteiger partial charge in [-0.2, -0.15) is 0 Å². The van der Waals surface area contributed by atoms with Gasteiger partial charge in [0.25, 0.3) is 0 Å². The summed E-state index contributed by atoms with van der Waals surface area (Å²) < 4.78 is 0. The normalized spacial score (nSPS) is 22.1. The van der Waals surface area contributed by atoms with Crippen molar-refractivity contribution < 1.29 is 0 Å². The number of aliphatic imine (C=N–C) groups is 1. The number of rotatable bonds is 7. The molecule has 5 nitrogen and oxygen atoms in total. The van der Waals surface area contributed by atoms with Crippen LogP contribution in [0.2, 0.25) is 0 Å². The summed E-state index contributed by atoms with van der Waals surface area (Å²) in [5, 5.41) is 3.47. The van der Waals surface area contributed by atoms with Crippen molar-refractivity contribution in [2.75, 3.05) is 65.4 Å². The van der Waals surface area contributed by atoms with Crippen LogP contribution in [0.25, 0.3) is 0 Å². The Hall–Kier alpha value is -0.0800. The topological polar surface area (TPSA) is 34.1 Å². The van der Waals surface area contributed by atoms with Crippen LogP contribution in [0.4, 0.5) is 0 Å². The van der Waals surface area contributed by atoms with E-state index < -0.39 is 0 Å². The maximum atomic E-state index is 4.87. The summed E-state index contributed by atoms with van der Waals surface area (Å²) >= 11 is 0. The zero-order valence-corrected chi connectivity index (χ0v) is 19.2. The lowest BCUT2D eigenvalue weighted by Crippen LogP contribution is -2.46. The van der Waals surface area contributed by atoms with E-state index in [0.29, 0.717) is 5.41 Å². The van der Waals surface area contributed by atoms with Gasteiger partial charge in [-0.05, 0) is 44.7 Å². The minimum atomic E-state index is 0. The number of unbranched alkanes of at least 4 members (excludes halogenated alkanes) is 1. The Bertz CT molecular complexity index is 391. The molecule has 2 aliphatic rings. The predicted molar refractivity (Wildman–Crippen MR) is 119 cm³/mol. The van der Waals surface area contributed by atoms with Crippen LogP contribution in [-0.2, 0) is 0 Å². The van der Waals surface area contributed by atoms with Crippen molar-refractivity contribution in [2.45, 2.75) is 47.0 Å². The summed E-state index contributed by atoms with van der Waals surface area (Å²) in [6.07, 6.45) is 3.72. The summed E-state index contributed by atoms with van der Waals surface area (Å²) in [6.45, 7) is 20.7. The Morgan fingerprint density at radius 2 is 1.68 bits per heavy atom. The van der Waals surface area contributed by atoms with Crippen LogP contribution >= 0.6 is 24.0 Å². The molecule has 0 bridgehead atoms. The summed E-state index contributed by atoms with van der Waals surface area (Å²) in [7, 11) is 0. The van der Waals surface area contributed by atoms with Crippen LogP contribution in [0.15, 0.2) is 4.99 Å². The Balaban J connectivity index is 0.00000312. The highest BCUT2D eigenvalue weighted by Gasteiger charge is 2.30. The van der Waals surface area contributed by atoms with E-state index in [1.54, 1.807) is 0 Å². The maximum Gasteiger partial charge on any atom is 0.193 e. The molecule has 0 aliphatic carbocycles. The molecule has 25 heavy (non-hydrogen) atoms. The van der Waals surface area contributed by atoms with Gasteiger partial charge in [0.05, 0.1) is 0 Å². The minimum Gasteiger partial charge on any atom is -0.357 e. The minimum absolute atomic E-state index is 0. The molecule has 2 fully saturated rings. The van der Waals surface area contributed by atoms with Crippen molar-refractivity contribution in [2.24, 2.45) is 10.4 Å². The monoisotopic (exact) mass is 465 g/mol. The molecule has 2 rings (SSSR count). The smallest absolute Gasteiger partial charge is 0.193 e. The van der Waals surface area contributed by atoms with Gasteiger partial charge in [0, 0.05) is 52.4 Å². The molecule has 6 heteroatoms. The molecule has 0 amide bonds. The van der Waals surface area contributed by atoms with Gasteiger partial charge in [-0.3, -0.25) is 4.99 Å². The first kappa shape index (κ1) is 23.0. The molecule has 0 aromatic rings. The van der Waals surface area contributed by atoms with Gasteiger partial charge in [-0.1, -0.05) is 20.8 Å². The van der Waals surface area contributed by atoms with E-state index in [0.717, 1.165) is 32.1 Å². The van der Waals surface area contributed by atoms with Crippen LogP contribution in [-0.4, -0.2) is 86.1 Å². The van der Waals surface area contributed by atoms with Gasteiger partial charge in [-0.25, -0.2) is 0 Å². The molecular weight excluding hydrogens is 425 g/mol. The molecule has 148 valence electrons. The number of hydrogen-bond donors (Lipinski definition) is 1.